The number of hydrogen-bond donors (Lipinski definition) is 2. The Morgan fingerprint density at radius 1 is 0.939 bits per heavy atom. The van der Waals surface area contributed by atoms with Crippen molar-refractivity contribution in [3.05, 3.63) is 90.4 Å². The van der Waals surface area contributed by atoms with Crippen LogP contribution in [0.3, 0.4) is 0 Å². The molecule has 0 radical (unpaired) electrons. The van der Waals surface area contributed by atoms with Gasteiger partial charge in [0.05, 0.1) is 11.3 Å². The maximum Gasteiger partial charge on any atom is 0.256 e. The number of rotatable bonds is 8. The highest BCUT2D eigenvalue weighted by atomic mass is 32.2. The van der Waals surface area contributed by atoms with Crippen molar-refractivity contribution in [1.82, 2.24) is 9.38 Å². The molecule has 2 heterocycles. The van der Waals surface area contributed by atoms with Gasteiger partial charge in [-0.1, -0.05) is 32.0 Å². The van der Waals surface area contributed by atoms with Crippen molar-refractivity contribution in [2.45, 2.75) is 30.9 Å². The average Bonchev–Trinajstić information content (AvgIpc) is 3.22. The number of carbonyl (C=O) groups excluding carboxylic acids is 2. The van der Waals surface area contributed by atoms with Crippen LogP contribution in [0.25, 0.3) is 5.65 Å². The van der Waals surface area contributed by atoms with E-state index in [0.717, 1.165) is 16.2 Å². The molecule has 0 atom stereocenters. The van der Waals surface area contributed by atoms with Gasteiger partial charge < -0.3 is 15.0 Å². The lowest BCUT2D eigenvalue weighted by atomic mass is 10.1. The van der Waals surface area contributed by atoms with Gasteiger partial charge in [0.2, 0.25) is 5.91 Å². The first-order chi connectivity index (χ1) is 16.0. The molecule has 2 amide bonds. The van der Waals surface area contributed by atoms with Gasteiger partial charge in [-0.05, 0) is 54.4 Å². The van der Waals surface area contributed by atoms with Crippen LogP contribution < -0.4 is 10.6 Å². The van der Waals surface area contributed by atoms with Crippen molar-refractivity contribution in [3.8, 4) is 0 Å². The molecule has 0 saturated carbocycles. The van der Waals surface area contributed by atoms with Gasteiger partial charge in [0.25, 0.3) is 5.91 Å². The summed E-state index contributed by atoms with van der Waals surface area (Å²) < 4.78 is 1.99. The number of amides is 2. The molecule has 0 aliphatic heterocycles. The minimum atomic E-state index is -0.176. The molecule has 6 nitrogen and oxygen atoms in total. The van der Waals surface area contributed by atoms with Crippen LogP contribution in [0.1, 0.15) is 36.3 Å². The van der Waals surface area contributed by atoms with E-state index in [4.69, 9.17) is 0 Å². The summed E-state index contributed by atoms with van der Waals surface area (Å²) in [4.78, 5) is 30.4. The van der Waals surface area contributed by atoms with E-state index in [1.807, 2.05) is 73.1 Å². The fraction of sp³-hybridized carbons (Fsp3) is 0.192. The van der Waals surface area contributed by atoms with Crippen LogP contribution in [0.15, 0.2) is 84.0 Å². The minimum absolute atomic E-state index is 0.0154. The molecule has 4 rings (SSSR count). The van der Waals surface area contributed by atoms with Crippen molar-refractivity contribution >= 4 is 40.6 Å². The maximum atomic E-state index is 13.0. The summed E-state index contributed by atoms with van der Waals surface area (Å²) in [7, 11) is 0. The Bertz CT molecular complexity index is 1230. The van der Waals surface area contributed by atoms with E-state index < -0.39 is 0 Å². The van der Waals surface area contributed by atoms with E-state index in [-0.39, 0.29) is 11.8 Å². The molecule has 7 heteroatoms. The van der Waals surface area contributed by atoms with E-state index in [1.165, 1.54) is 0 Å². The number of anilines is 2. The molecule has 0 aliphatic rings. The fourth-order valence-electron chi connectivity index (χ4n) is 3.41. The number of nitrogens with zero attached hydrogens (tertiary/aromatic N) is 2. The Morgan fingerprint density at radius 2 is 1.64 bits per heavy atom. The average molecular weight is 459 g/mol. The van der Waals surface area contributed by atoms with Crippen molar-refractivity contribution < 1.29 is 9.59 Å². The summed E-state index contributed by atoms with van der Waals surface area (Å²) in [5.41, 5.74) is 3.85. The smallest absolute Gasteiger partial charge is 0.256 e. The molecule has 0 unspecified atom stereocenters. The molecule has 0 saturated heterocycles. The number of imidazole rings is 1. The van der Waals surface area contributed by atoms with Gasteiger partial charge >= 0.3 is 0 Å². The van der Waals surface area contributed by atoms with Gasteiger partial charge in [0.15, 0.2) is 0 Å². The highest BCUT2D eigenvalue weighted by Crippen LogP contribution is 2.27. The zero-order valence-corrected chi connectivity index (χ0v) is 19.4. The third kappa shape index (κ3) is 6.02. The third-order valence-corrected chi connectivity index (χ3v) is 6.05. The van der Waals surface area contributed by atoms with Gasteiger partial charge in [-0.25, -0.2) is 4.98 Å². The molecular weight excluding hydrogens is 432 g/mol. The van der Waals surface area contributed by atoms with E-state index in [1.54, 1.807) is 36.0 Å². The molecule has 168 valence electrons. The minimum Gasteiger partial charge on any atom is -0.326 e. The van der Waals surface area contributed by atoms with Crippen LogP contribution in [0.2, 0.25) is 0 Å². The van der Waals surface area contributed by atoms with E-state index in [9.17, 15) is 9.59 Å². The lowest BCUT2D eigenvalue weighted by molar-refractivity contribution is -0.116. The second-order valence-corrected chi connectivity index (χ2v) is 9.18. The predicted molar refractivity (Wildman–Crippen MR) is 134 cm³/mol. The predicted octanol–water partition coefficient (Wildman–Crippen LogP) is 5.86. The molecular formula is C26H26N4O2S. The number of benzene rings is 2. The molecule has 2 aromatic carbocycles. The van der Waals surface area contributed by atoms with Crippen molar-refractivity contribution in [2.75, 3.05) is 10.6 Å². The summed E-state index contributed by atoms with van der Waals surface area (Å²) in [6.07, 6.45) is 4.45. The topological polar surface area (TPSA) is 75.5 Å². The van der Waals surface area contributed by atoms with Crippen LogP contribution in [0, 0.1) is 5.92 Å². The fourth-order valence-corrected chi connectivity index (χ4v) is 4.34. The van der Waals surface area contributed by atoms with Crippen molar-refractivity contribution in [3.63, 3.8) is 0 Å². The number of hydrogen-bond acceptors (Lipinski definition) is 4. The number of aromatic nitrogens is 2. The normalized spacial score (nSPS) is 11.0. The highest BCUT2D eigenvalue weighted by Gasteiger charge is 2.13. The molecule has 0 bridgehead atoms. The van der Waals surface area contributed by atoms with E-state index in [0.29, 0.717) is 35.0 Å². The van der Waals surface area contributed by atoms with Crippen molar-refractivity contribution in [1.29, 1.82) is 0 Å². The van der Waals surface area contributed by atoms with Crippen LogP contribution >= 0.6 is 11.8 Å². The van der Waals surface area contributed by atoms with Gasteiger partial charge in [-0.2, -0.15) is 0 Å². The van der Waals surface area contributed by atoms with Gasteiger partial charge in [-0.3, -0.25) is 9.59 Å². The summed E-state index contributed by atoms with van der Waals surface area (Å²) in [5.74, 6) is 0.772. The number of nitrogens with one attached hydrogen (secondary N) is 2. The molecule has 33 heavy (non-hydrogen) atoms. The third-order valence-electron chi connectivity index (χ3n) is 4.94. The Labute approximate surface area is 197 Å². The first kappa shape index (κ1) is 22.6. The quantitative estimate of drug-likeness (QED) is 0.324. The monoisotopic (exact) mass is 458 g/mol. The van der Waals surface area contributed by atoms with E-state index in [2.05, 4.69) is 15.6 Å². The SMILES string of the molecule is CC(C)CC(=O)Nc1ccc(NC(=O)c2ccccc2SCc2cn3ccccc3n2)cc1. The lowest BCUT2D eigenvalue weighted by Gasteiger charge is -2.11. The van der Waals surface area contributed by atoms with Crippen LogP contribution in [0.5, 0.6) is 0 Å². The Morgan fingerprint density at radius 3 is 2.36 bits per heavy atom. The molecule has 2 N–H and O–H groups in total. The largest absolute Gasteiger partial charge is 0.326 e. The zero-order chi connectivity index (χ0) is 23.2. The van der Waals surface area contributed by atoms with E-state index >= 15 is 0 Å². The van der Waals surface area contributed by atoms with Crippen LogP contribution in [-0.4, -0.2) is 21.2 Å². The van der Waals surface area contributed by atoms with Crippen molar-refractivity contribution in [2.24, 2.45) is 5.92 Å². The summed E-state index contributed by atoms with van der Waals surface area (Å²) >= 11 is 1.58. The first-order valence-corrected chi connectivity index (χ1v) is 11.8. The molecule has 0 fully saturated rings. The van der Waals surface area contributed by atoms with Gasteiger partial charge in [0.1, 0.15) is 5.65 Å². The highest BCUT2D eigenvalue weighted by molar-refractivity contribution is 7.98. The Balaban J connectivity index is 1.40. The second-order valence-electron chi connectivity index (χ2n) is 8.16. The Kier molecular flexibility index (Phi) is 7.10. The molecule has 4 aromatic rings. The molecule has 0 spiro atoms. The number of pyridine rings is 1. The van der Waals surface area contributed by atoms with Gasteiger partial charge in [-0.15, -0.1) is 11.8 Å². The first-order valence-electron chi connectivity index (χ1n) is 10.8. The maximum absolute atomic E-state index is 13.0. The lowest BCUT2D eigenvalue weighted by Crippen LogP contribution is -2.14. The zero-order valence-electron chi connectivity index (χ0n) is 18.6. The molecule has 2 aromatic heterocycles. The number of fused-ring (bicyclic) bond motifs is 1. The summed E-state index contributed by atoms with van der Waals surface area (Å²) in [6.45, 7) is 4.01. The Hall–Kier alpha value is -3.58. The van der Waals surface area contributed by atoms with Crippen LogP contribution in [0.4, 0.5) is 11.4 Å². The molecule has 0 aliphatic carbocycles. The number of carbonyl (C=O) groups is 2. The second kappa shape index (κ2) is 10.4. The van der Waals surface area contributed by atoms with Crippen LogP contribution in [-0.2, 0) is 10.5 Å². The van der Waals surface area contributed by atoms with Gasteiger partial charge in [0, 0.05) is 40.8 Å². The summed E-state index contributed by atoms with van der Waals surface area (Å²) in [5, 5.41) is 5.82. The summed E-state index contributed by atoms with van der Waals surface area (Å²) in [6, 6.07) is 20.6. The number of thioether (sulfide) groups is 1. The standard InChI is InChI=1S/C26H26N4O2S/c1-18(2)15-25(31)28-19-10-12-20(13-11-19)29-26(32)22-7-3-4-8-23(22)33-17-21-16-30-14-6-5-9-24(30)27-21/h3-14,16,18H,15,17H2,1-2H3,(H,28,31)(H,29,32).